The fourth-order valence-electron chi connectivity index (χ4n) is 2.08. The van der Waals surface area contributed by atoms with Gasteiger partial charge < -0.3 is 14.2 Å². The number of carbonyl (C=O) groups excluding carboxylic acids is 1. The molecule has 1 amide bonds. The van der Waals surface area contributed by atoms with E-state index in [9.17, 15) is 4.79 Å². The zero-order valence-electron chi connectivity index (χ0n) is 12.2. The smallest absolute Gasteiger partial charge is 0.275 e. The van der Waals surface area contributed by atoms with E-state index in [1.54, 1.807) is 30.3 Å². The van der Waals surface area contributed by atoms with Crippen molar-refractivity contribution in [1.82, 2.24) is 5.43 Å². The van der Waals surface area contributed by atoms with Gasteiger partial charge in [0.2, 0.25) is 6.79 Å². The second-order valence-corrected chi connectivity index (χ2v) is 5.57. The van der Waals surface area contributed by atoms with E-state index >= 15 is 0 Å². The number of carbonyl (C=O) groups is 1. The van der Waals surface area contributed by atoms with Gasteiger partial charge in [-0.15, -0.1) is 0 Å². The van der Waals surface area contributed by atoms with Gasteiger partial charge in [0.05, 0.1) is 18.9 Å². The zero-order valence-corrected chi connectivity index (χ0v) is 13.8. The quantitative estimate of drug-likeness (QED) is 0.657. The molecule has 1 aliphatic rings. The van der Waals surface area contributed by atoms with Crippen molar-refractivity contribution in [2.24, 2.45) is 5.10 Å². The van der Waals surface area contributed by atoms with Crippen LogP contribution in [0.15, 0.2) is 46.0 Å². The summed E-state index contributed by atoms with van der Waals surface area (Å²) in [4.78, 5) is 12.2. The van der Waals surface area contributed by atoms with Crippen molar-refractivity contribution >= 4 is 28.1 Å². The highest BCUT2D eigenvalue weighted by Gasteiger charge is 2.13. The van der Waals surface area contributed by atoms with Gasteiger partial charge in [-0.05, 0) is 42.0 Å². The van der Waals surface area contributed by atoms with Crippen LogP contribution < -0.4 is 19.6 Å². The lowest BCUT2D eigenvalue weighted by molar-refractivity contribution is 0.0952. The van der Waals surface area contributed by atoms with Gasteiger partial charge in [-0.2, -0.15) is 5.10 Å². The molecule has 118 valence electrons. The number of halogens is 1. The first kappa shape index (κ1) is 15.4. The van der Waals surface area contributed by atoms with E-state index in [-0.39, 0.29) is 12.7 Å². The highest BCUT2D eigenvalue weighted by Crippen LogP contribution is 2.32. The van der Waals surface area contributed by atoms with Crippen LogP contribution in [0, 0.1) is 0 Å². The van der Waals surface area contributed by atoms with E-state index in [1.807, 2.05) is 6.07 Å². The maximum Gasteiger partial charge on any atom is 0.275 e. The monoisotopic (exact) mass is 376 g/mol. The first-order valence-electron chi connectivity index (χ1n) is 6.74. The number of nitrogens with zero attached hydrogens (tertiary/aromatic N) is 1. The number of hydrogen-bond acceptors (Lipinski definition) is 5. The average Bonchev–Trinajstić information content (AvgIpc) is 3.02. The second-order valence-electron chi connectivity index (χ2n) is 4.66. The van der Waals surface area contributed by atoms with Gasteiger partial charge in [-0.1, -0.05) is 15.9 Å². The third kappa shape index (κ3) is 3.45. The Morgan fingerprint density at radius 3 is 2.91 bits per heavy atom. The zero-order chi connectivity index (χ0) is 16.2. The van der Waals surface area contributed by atoms with E-state index in [2.05, 4.69) is 26.5 Å². The lowest BCUT2D eigenvalue weighted by Gasteiger charge is -2.07. The summed E-state index contributed by atoms with van der Waals surface area (Å²) in [6.45, 7) is 0.218. The van der Waals surface area contributed by atoms with E-state index < -0.39 is 0 Å². The minimum absolute atomic E-state index is 0.218. The van der Waals surface area contributed by atoms with Gasteiger partial charge in [0.15, 0.2) is 11.5 Å². The Morgan fingerprint density at radius 2 is 2.09 bits per heavy atom. The maximum atomic E-state index is 12.2. The SMILES string of the molecule is COc1ccc(Br)cc1C(=O)N/N=C/c1ccc2c(c1)OCO2. The molecule has 0 saturated heterocycles. The van der Waals surface area contributed by atoms with Crippen molar-refractivity contribution in [3.8, 4) is 17.2 Å². The standard InChI is InChI=1S/C16H13BrN2O4/c1-21-13-5-3-11(17)7-12(13)16(20)19-18-8-10-2-4-14-15(6-10)23-9-22-14/h2-8H,9H2,1H3,(H,19,20)/b18-8+. The summed E-state index contributed by atoms with van der Waals surface area (Å²) < 4.78 is 16.5. The number of hydrazone groups is 1. The highest BCUT2D eigenvalue weighted by atomic mass is 79.9. The van der Waals surface area contributed by atoms with Crippen molar-refractivity contribution in [3.63, 3.8) is 0 Å². The third-order valence-corrected chi connectivity index (χ3v) is 3.68. The molecule has 0 atom stereocenters. The normalized spacial score (nSPS) is 12.4. The van der Waals surface area contributed by atoms with Crippen molar-refractivity contribution in [2.75, 3.05) is 13.9 Å². The molecule has 0 unspecified atom stereocenters. The molecule has 6 nitrogen and oxygen atoms in total. The van der Waals surface area contributed by atoms with Crippen molar-refractivity contribution in [1.29, 1.82) is 0 Å². The van der Waals surface area contributed by atoms with Crippen LogP contribution in [0.25, 0.3) is 0 Å². The Kier molecular flexibility index (Phi) is 4.47. The van der Waals surface area contributed by atoms with Crippen LogP contribution in [0.2, 0.25) is 0 Å². The molecule has 0 saturated carbocycles. The number of fused-ring (bicyclic) bond motifs is 1. The third-order valence-electron chi connectivity index (χ3n) is 3.18. The molecule has 1 aliphatic heterocycles. The summed E-state index contributed by atoms with van der Waals surface area (Å²) in [5.41, 5.74) is 3.66. The molecule has 0 aliphatic carbocycles. The number of nitrogens with one attached hydrogen (secondary N) is 1. The molecular weight excluding hydrogens is 364 g/mol. The molecule has 0 radical (unpaired) electrons. The number of ether oxygens (including phenoxy) is 3. The summed E-state index contributed by atoms with van der Waals surface area (Å²) in [6.07, 6.45) is 1.53. The Hall–Kier alpha value is -2.54. The summed E-state index contributed by atoms with van der Waals surface area (Å²) in [7, 11) is 1.51. The predicted octanol–water partition coefficient (Wildman–Crippen LogP) is 2.95. The van der Waals surface area contributed by atoms with E-state index in [4.69, 9.17) is 14.2 Å². The molecule has 3 rings (SSSR count). The second kappa shape index (κ2) is 6.70. The van der Waals surface area contributed by atoms with Gasteiger partial charge in [-0.3, -0.25) is 4.79 Å². The molecule has 0 spiro atoms. The van der Waals surface area contributed by atoms with Crippen LogP contribution in [0.3, 0.4) is 0 Å². The van der Waals surface area contributed by atoms with Crippen LogP contribution >= 0.6 is 15.9 Å². The number of amides is 1. The molecule has 7 heteroatoms. The predicted molar refractivity (Wildman–Crippen MR) is 88.3 cm³/mol. The van der Waals surface area contributed by atoms with Crippen LogP contribution in [0.1, 0.15) is 15.9 Å². The Labute approximate surface area is 141 Å². The minimum Gasteiger partial charge on any atom is -0.496 e. The van der Waals surface area contributed by atoms with Gasteiger partial charge in [0.1, 0.15) is 5.75 Å². The Morgan fingerprint density at radius 1 is 1.26 bits per heavy atom. The first-order valence-corrected chi connectivity index (χ1v) is 7.53. The lowest BCUT2D eigenvalue weighted by Crippen LogP contribution is -2.18. The fourth-order valence-corrected chi connectivity index (χ4v) is 2.44. The topological polar surface area (TPSA) is 69.2 Å². The molecule has 2 aromatic rings. The number of hydrogen-bond donors (Lipinski definition) is 1. The van der Waals surface area contributed by atoms with Gasteiger partial charge in [0.25, 0.3) is 5.91 Å². The van der Waals surface area contributed by atoms with Crippen LogP contribution in [0.4, 0.5) is 0 Å². The maximum absolute atomic E-state index is 12.2. The van der Waals surface area contributed by atoms with Gasteiger partial charge in [-0.25, -0.2) is 5.43 Å². The molecule has 23 heavy (non-hydrogen) atoms. The van der Waals surface area contributed by atoms with Crippen molar-refractivity contribution in [2.45, 2.75) is 0 Å². The van der Waals surface area contributed by atoms with Crippen LogP contribution in [-0.2, 0) is 0 Å². The molecule has 2 aromatic carbocycles. The van der Waals surface area contributed by atoms with Crippen molar-refractivity contribution < 1.29 is 19.0 Å². The summed E-state index contributed by atoms with van der Waals surface area (Å²) in [6, 6.07) is 10.6. The average molecular weight is 377 g/mol. The minimum atomic E-state index is -0.361. The van der Waals surface area contributed by atoms with Crippen LogP contribution in [-0.4, -0.2) is 26.0 Å². The number of benzene rings is 2. The molecule has 1 heterocycles. The largest absolute Gasteiger partial charge is 0.496 e. The summed E-state index contributed by atoms with van der Waals surface area (Å²) in [5, 5.41) is 3.96. The Balaban J connectivity index is 1.70. The number of methoxy groups -OCH3 is 1. The molecule has 1 N–H and O–H groups in total. The molecular formula is C16H13BrN2O4. The van der Waals surface area contributed by atoms with Crippen molar-refractivity contribution in [3.05, 3.63) is 52.0 Å². The fraction of sp³-hybridized carbons (Fsp3) is 0.125. The van der Waals surface area contributed by atoms with Gasteiger partial charge in [0, 0.05) is 4.47 Å². The molecule has 0 aromatic heterocycles. The molecule has 0 bridgehead atoms. The first-order chi connectivity index (χ1) is 11.2. The van der Waals surface area contributed by atoms with Gasteiger partial charge >= 0.3 is 0 Å². The number of rotatable bonds is 4. The van der Waals surface area contributed by atoms with E-state index in [1.165, 1.54) is 13.3 Å². The highest BCUT2D eigenvalue weighted by molar-refractivity contribution is 9.10. The lowest BCUT2D eigenvalue weighted by atomic mass is 10.2. The molecule has 0 fully saturated rings. The summed E-state index contributed by atoms with van der Waals surface area (Å²) in [5.74, 6) is 1.48. The van der Waals surface area contributed by atoms with E-state index in [0.29, 0.717) is 22.8 Å². The van der Waals surface area contributed by atoms with E-state index in [0.717, 1.165) is 10.0 Å². The Bertz CT molecular complexity index is 777. The summed E-state index contributed by atoms with van der Waals surface area (Å²) >= 11 is 3.33. The van der Waals surface area contributed by atoms with Crippen LogP contribution in [0.5, 0.6) is 17.2 Å².